The molecule has 0 atom stereocenters. The summed E-state index contributed by atoms with van der Waals surface area (Å²) in [5.41, 5.74) is 1.49. The van der Waals surface area contributed by atoms with Gasteiger partial charge < -0.3 is 4.74 Å². The molecule has 1 aliphatic rings. The van der Waals surface area contributed by atoms with Crippen molar-refractivity contribution < 1.29 is 13.5 Å². The molecule has 0 bridgehead atoms. The summed E-state index contributed by atoms with van der Waals surface area (Å²) < 4.78 is 32.9. The molecule has 1 nitrogen and oxygen atoms in total. The summed E-state index contributed by atoms with van der Waals surface area (Å²) in [6.07, 6.45) is 0.791. The number of ether oxygens (including phenoxy) is 1. The van der Waals surface area contributed by atoms with Crippen molar-refractivity contribution in [1.29, 1.82) is 0 Å². The van der Waals surface area contributed by atoms with Gasteiger partial charge >= 0.3 is 0 Å². The fraction of sp³-hybridized carbons (Fsp3) is 0.143. The highest BCUT2D eigenvalue weighted by Gasteiger charge is 2.21. The molecule has 0 spiro atoms. The minimum absolute atomic E-state index is 0.00810. The van der Waals surface area contributed by atoms with Crippen LogP contribution >= 0.6 is 0 Å². The Morgan fingerprint density at radius 1 is 0.941 bits per heavy atom. The second-order valence-electron chi connectivity index (χ2n) is 3.99. The zero-order chi connectivity index (χ0) is 11.8. The minimum Gasteiger partial charge on any atom is -0.492 e. The van der Waals surface area contributed by atoms with E-state index in [9.17, 15) is 8.78 Å². The summed E-state index contributed by atoms with van der Waals surface area (Å²) in [5.74, 6) is -0.515. The minimum atomic E-state index is -0.561. The quantitative estimate of drug-likeness (QED) is 0.730. The molecule has 0 N–H and O–H groups in total. The molecular weight excluding hydrogens is 222 g/mol. The fourth-order valence-corrected chi connectivity index (χ4v) is 2.17. The van der Waals surface area contributed by atoms with Crippen LogP contribution in [0.5, 0.6) is 5.75 Å². The van der Waals surface area contributed by atoms with Gasteiger partial charge in [0, 0.05) is 12.0 Å². The highest BCUT2D eigenvalue weighted by Crippen LogP contribution is 2.38. The molecule has 0 fully saturated rings. The lowest BCUT2D eigenvalue weighted by molar-refractivity contribution is 0.357. The molecule has 0 amide bonds. The fourth-order valence-electron chi connectivity index (χ4n) is 2.17. The Morgan fingerprint density at radius 2 is 1.65 bits per heavy atom. The molecule has 1 heterocycles. The van der Waals surface area contributed by atoms with Crippen molar-refractivity contribution in [2.45, 2.75) is 6.42 Å². The summed E-state index contributed by atoms with van der Waals surface area (Å²) in [7, 11) is 0. The average molecular weight is 232 g/mol. The molecule has 3 rings (SSSR count). The topological polar surface area (TPSA) is 9.23 Å². The molecule has 0 aliphatic carbocycles. The van der Waals surface area contributed by atoms with E-state index in [1.807, 2.05) is 6.07 Å². The van der Waals surface area contributed by atoms with Crippen molar-refractivity contribution in [3.05, 3.63) is 53.6 Å². The first-order valence-electron chi connectivity index (χ1n) is 5.46. The van der Waals surface area contributed by atoms with Crippen molar-refractivity contribution in [2.24, 2.45) is 0 Å². The van der Waals surface area contributed by atoms with E-state index >= 15 is 0 Å². The van der Waals surface area contributed by atoms with Crippen molar-refractivity contribution in [1.82, 2.24) is 0 Å². The highest BCUT2D eigenvalue weighted by atomic mass is 19.1. The van der Waals surface area contributed by atoms with Crippen LogP contribution in [0.3, 0.4) is 0 Å². The Morgan fingerprint density at radius 3 is 2.41 bits per heavy atom. The maximum absolute atomic E-state index is 13.7. The number of rotatable bonds is 1. The predicted molar refractivity (Wildman–Crippen MR) is 61.0 cm³/mol. The Labute approximate surface area is 97.7 Å². The third-order valence-corrected chi connectivity index (χ3v) is 2.95. The number of hydrogen-bond acceptors (Lipinski definition) is 1. The lowest BCUT2D eigenvalue weighted by atomic mass is 10.0. The van der Waals surface area contributed by atoms with Gasteiger partial charge in [0.25, 0.3) is 0 Å². The van der Waals surface area contributed by atoms with E-state index in [2.05, 4.69) is 0 Å². The smallest absolute Gasteiger partial charge is 0.134 e. The Balaban J connectivity index is 2.26. The average Bonchev–Trinajstić information content (AvgIpc) is 2.77. The Hall–Kier alpha value is -1.90. The molecule has 86 valence electrons. The molecule has 0 saturated carbocycles. The van der Waals surface area contributed by atoms with Crippen LogP contribution in [-0.4, -0.2) is 6.61 Å². The van der Waals surface area contributed by atoms with Gasteiger partial charge in [-0.05, 0) is 17.7 Å². The van der Waals surface area contributed by atoms with E-state index in [4.69, 9.17) is 4.74 Å². The van der Waals surface area contributed by atoms with E-state index in [-0.39, 0.29) is 5.56 Å². The van der Waals surface area contributed by atoms with Crippen molar-refractivity contribution in [2.75, 3.05) is 6.61 Å². The number of benzene rings is 2. The first-order valence-corrected chi connectivity index (χ1v) is 5.46. The molecule has 0 aromatic heterocycles. The maximum Gasteiger partial charge on any atom is 0.134 e. The summed E-state index contributed by atoms with van der Waals surface area (Å²) in [4.78, 5) is 0. The van der Waals surface area contributed by atoms with Crippen molar-refractivity contribution in [3.8, 4) is 16.9 Å². The zero-order valence-corrected chi connectivity index (χ0v) is 9.04. The van der Waals surface area contributed by atoms with Gasteiger partial charge in [-0.1, -0.05) is 24.3 Å². The number of halogens is 2. The van der Waals surface area contributed by atoms with E-state index in [1.54, 1.807) is 12.1 Å². The lowest BCUT2D eigenvalue weighted by Crippen LogP contribution is -1.93. The molecule has 17 heavy (non-hydrogen) atoms. The first kappa shape index (κ1) is 10.3. The first-order chi connectivity index (χ1) is 8.27. The van der Waals surface area contributed by atoms with Gasteiger partial charge in [-0.25, -0.2) is 8.78 Å². The summed E-state index contributed by atoms with van der Waals surface area (Å²) in [6.45, 7) is 0.572. The van der Waals surface area contributed by atoms with Crippen LogP contribution in [0.15, 0.2) is 36.4 Å². The molecule has 0 unspecified atom stereocenters. The van der Waals surface area contributed by atoms with Crippen LogP contribution in [0.25, 0.3) is 11.1 Å². The number of para-hydroxylation sites is 1. The molecule has 1 aliphatic heterocycles. The van der Waals surface area contributed by atoms with Crippen LogP contribution in [0.2, 0.25) is 0 Å². The van der Waals surface area contributed by atoms with E-state index < -0.39 is 11.6 Å². The number of hydrogen-bond donors (Lipinski definition) is 0. The molecule has 2 aromatic rings. The monoisotopic (exact) mass is 232 g/mol. The largest absolute Gasteiger partial charge is 0.492 e. The third kappa shape index (κ3) is 1.58. The lowest BCUT2D eigenvalue weighted by Gasteiger charge is -2.09. The zero-order valence-electron chi connectivity index (χ0n) is 9.04. The van der Waals surface area contributed by atoms with Gasteiger partial charge in [-0.2, -0.15) is 0 Å². The van der Waals surface area contributed by atoms with Gasteiger partial charge in [0.1, 0.15) is 17.4 Å². The van der Waals surface area contributed by atoms with Gasteiger partial charge in [0.15, 0.2) is 0 Å². The number of fused-ring (bicyclic) bond motifs is 1. The van der Waals surface area contributed by atoms with E-state index in [1.165, 1.54) is 18.2 Å². The van der Waals surface area contributed by atoms with Gasteiger partial charge in [-0.3, -0.25) is 0 Å². The maximum atomic E-state index is 13.7. The molecule has 2 aromatic carbocycles. The van der Waals surface area contributed by atoms with Crippen LogP contribution in [-0.2, 0) is 6.42 Å². The van der Waals surface area contributed by atoms with Crippen LogP contribution < -0.4 is 4.74 Å². The van der Waals surface area contributed by atoms with Gasteiger partial charge in [0.2, 0.25) is 0 Å². The third-order valence-electron chi connectivity index (χ3n) is 2.95. The van der Waals surface area contributed by atoms with Crippen molar-refractivity contribution >= 4 is 0 Å². The molecule has 3 heteroatoms. The summed E-state index contributed by atoms with van der Waals surface area (Å²) >= 11 is 0. The molecule has 0 saturated heterocycles. The van der Waals surface area contributed by atoms with E-state index in [0.717, 1.165) is 12.0 Å². The van der Waals surface area contributed by atoms with Crippen LogP contribution in [0.1, 0.15) is 5.56 Å². The molecule has 0 radical (unpaired) electrons. The van der Waals surface area contributed by atoms with Crippen LogP contribution in [0.4, 0.5) is 8.78 Å². The standard InChI is InChI=1S/C14H10F2O/c15-11-5-2-6-12(16)13(11)10-4-1-3-9-7-8-17-14(9)10/h1-6H,7-8H2. The summed E-state index contributed by atoms with van der Waals surface area (Å²) in [5, 5.41) is 0. The molecular formula is C14H10F2O. The van der Waals surface area contributed by atoms with Crippen molar-refractivity contribution in [3.63, 3.8) is 0 Å². The van der Waals surface area contributed by atoms with Crippen LogP contribution in [0, 0.1) is 11.6 Å². The highest BCUT2D eigenvalue weighted by molar-refractivity contribution is 5.73. The Kier molecular flexibility index (Phi) is 2.32. The SMILES string of the molecule is Fc1cccc(F)c1-c1cccc2c1OCC2. The van der Waals surface area contributed by atoms with Gasteiger partial charge in [0.05, 0.1) is 12.2 Å². The van der Waals surface area contributed by atoms with E-state index in [0.29, 0.717) is 17.9 Å². The second kappa shape index (κ2) is 3.84. The normalized spacial score (nSPS) is 13.3. The summed E-state index contributed by atoms with van der Waals surface area (Å²) in [6, 6.07) is 9.28. The van der Waals surface area contributed by atoms with Gasteiger partial charge in [-0.15, -0.1) is 0 Å². The Bertz CT molecular complexity index is 558. The second-order valence-corrected chi connectivity index (χ2v) is 3.99. The predicted octanol–water partition coefficient (Wildman–Crippen LogP) is 3.57.